The van der Waals surface area contributed by atoms with Crippen LogP contribution in [0.25, 0.3) is 0 Å². The molecule has 1 spiro atoms. The van der Waals surface area contributed by atoms with E-state index in [4.69, 9.17) is 4.74 Å². The third-order valence-corrected chi connectivity index (χ3v) is 5.10. The first-order valence-electron chi connectivity index (χ1n) is 7.91. The van der Waals surface area contributed by atoms with Gasteiger partial charge in [0.15, 0.2) is 0 Å². The molecule has 3 heteroatoms. The van der Waals surface area contributed by atoms with Crippen molar-refractivity contribution in [1.29, 1.82) is 0 Å². The predicted molar refractivity (Wildman–Crippen MR) is 75.2 cm³/mol. The zero-order valence-electron chi connectivity index (χ0n) is 12.4. The topological polar surface area (TPSA) is 46.5 Å². The van der Waals surface area contributed by atoms with Gasteiger partial charge < -0.3 is 9.84 Å². The van der Waals surface area contributed by atoms with E-state index in [9.17, 15) is 9.90 Å². The van der Waals surface area contributed by atoms with E-state index >= 15 is 0 Å². The second-order valence-corrected chi connectivity index (χ2v) is 6.84. The average molecular weight is 268 g/mol. The van der Waals surface area contributed by atoms with Crippen LogP contribution in [0.1, 0.15) is 78.1 Å². The minimum atomic E-state index is -0.664. The summed E-state index contributed by atoms with van der Waals surface area (Å²) < 4.78 is 6.32. The number of carboxylic acid groups (broad SMARTS) is 1. The van der Waals surface area contributed by atoms with E-state index in [0.717, 1.165) is 25.7 Å². The minimum Gasteiger partial charge on any atom is -0.481 e. The summed E-state index contributed by atoms with van der Waals surface area (Å²) in [5, 5.41) is 9.47. The minimum absolute atomic E-state index is 0.106. The summed E-state index contributed by atoms with van der Waals surface area (Å²) >= 11 is 0. The summed E-state index contributed by atoms with van der Waals surface area (Å²) in [7, 11) is 0. The number of carbonyl (C=O) groups is 1. The molecule has 2 aliphatic rings. The second-order valence-electron chi connectivity index (χ2n) is 6.84. The standard InChI is InChI=1S/C16H28O3/c1-3-8-15(2,14(17)18)12-13-7-11-16(19-13)9-5-4-6-10-16/h13H,3-12H2,1-2H3,(H,17,18). The highest BCUT2D eigenvalue weighted by atomic mass is 16.5. The molecule has 1 aliphatic carbocycles. The summed E-state index contributed by atoms with van der Waals surface area (Å²) in [5.41, 5.74) is -0.506. The van der Waals surface area contributed by atoms with Crippen molar-refractivity contribution >= 4 is 5.97 Å². The van der Waals surface area contributed by atoms with E-state index in [0.29, 0.717) is 6.42 Å². The highest BCUT2D eigenvalue weighted by molar-refractivity contribution is 5.74. The average Bonchev–Trinajstić information content (AvgIpc) is 2.73. The van der Waals surface area contributed by atoms with Gasteiger partial charge in [-0.3, -0.25) is 4.79 Å². The van der Waals surface area contributed by atoms with Crippen molar-refractivity contribution in [1.82, 2.24) is 0 Å². The maximum atomic E-state index is 11.5. The van der Waals surface area contributed by atoms with Crippen LogP contribution in [0.15, 0.2) is 0 Å². The van der Waals surface area contributed by atoms with Gasteiger partial charge in [-0.15, -0.1) is 0 Å². The second kappa shape index (κ2) is 5.82. The SMILES string of the molecule is CCCC(C)(CC1CCC2(CCCCC2)O1)C(=O)O. The molecular weight excluding hydrogens is 240 g/mol. The third-order valence-electron chi connectivity index (χ3n) is 5.10. The lowest BCUT2D eigenvalue weighted by atomic mass is 9.79. The first-order valence-corrected chi connectivity index (χ1v) is 7.91. The largest absolute Gasteiger partial charge is 0.481 e. The van der Waals surface area contributed by atoms with E-state index in [1.807, 2.05) is 6.92 Å². The number of carboxylic acids is 1. The summed E-state index contributed by atoms with van der Waals surface area (Å²) in [4.78, 5) is 11.5. The van der Waals surface area contributed by atoms with Crippen LogP contribution in [0.4, 0.5) is 0 Å². The summed E-state index contributed by atoms with van der Waals surface area (Å²) in [6.45, 7) is 3.94. The number of ether oxygens (including phenoxy) is 1. The summed E-state index contributed by atoms with van der Waals surface area (Å²) in [5.74, 6) is -0.664. The highest BCUT2D eigenvalue weighted by Crippen LogP contribution is 2.45. The van der Waals surface area contributed by atoms with Crippen molar-refractivity contribution in [3.8, 4) is 0 Å². The normalized spacial score (nSPS) is 29.3. The lowest BCUT2D eigenvalue weighted by molar-refractivity contribution is -0.152. The molecule has 0 aromatic heterocycles. The van der Waals surface area contributed by atoms with Crippen LogP contribution in [0.2, 0.25) is 0 Å². The fourth-order valence-electron chi connectivity index (χ4n) is 3.95. The molecule has 0 aromatic rings. The molecule has 110 valence electrons. The molecule has 0 radical (unpaired) electrons. The van der Waals surface area contributed by atoms with Gasteiger partial charge in [-0.25, -0.2) is 0 Å². The first kappa shape index (κ1) is 14.8. The van der Waals surface area contributed by atoms with Crippen molar-refractivity contribution in [2.24, 2.45) is 5.41 Å². The van der Waals surface area contributed by atoms with Gasteiger partial charge in [-0.05, 0) is 45.4 Å². The van der Waals surface area contributed by atoms with Gasteiger partial charge in [-0.2, -0.15) is 0 Å². The molecule has 2 unspecified atom stereocenters. The lowest BCUT2D eigenvalue weighted by Gasteiger charge is -2.34. The van der Waals surface area contributed by atoms with Crippen molar-refractivity contribution in [2.45, 2.75) is 89.8 Å². The Labute approximate surface area is 116 Å². The van der Waals surface area contributed by atoms with Crippen LogP contribution >= 0.6 is 0 Å². The molecule has 2 atom stereocenters. The van der Waals surface area contributed by atoms with Gasteiger partial charge in [0.1, 0.15) is 0 Å². The zero-order valence-corrected chi connectivity index (χ0v) is 12.4. The molecule has 3 nitrogen and oxygen atoms in total. The fraction of sp³-hybridized carbons (Fsp3) is 0.938. The lowest BCUT2D eigenvalue weighted by Crippen LogP contribution is -2.35. The first-order chi connectivity index (χ1) is 9.00. The molecule has 0 bridgehead atoms. The molecule has 19 heavy (non-hydrogen) atoms. The van der Waals surface area contributed by atoms with Gasteiger partial charge in [0.25, 0.3) is 0 Å². The maximum Gasteiger partial charge on any atom is 0.309 e. The number of aliphatic carboxylic acids is 1. The molecule has 1 aliphatic heterocycles. The van der Waals surface area contributed by atoms with Crippen molar-refractivity contribution in [3.05, 3.63) is 0 Å². The Balaban J connectivity index is 1.94. The molecule has 2 fully saturated rings. The van der Waals surface area contributed by atoms with Crippen molar-refractivity contribution in [2.75, 3.05) is 0 Å². The van der Waals surface area contributed by atoms with Crippen LogP contribution in [0.5, 0.6) is 0 Å². The third kappa shape index (κ3) is 3.31. The van der Waals surface area contributed by atoms with E-state index in [2.05, 4.69) is 6.92 Å². The Kier molecular flexibility index (Phi) is 4.54. The monoisotopic (exact) mass is 268 g/mol. The maximum absolute atomic E-state index is 11.5. The zero-order chi connectivity index (χ0) is 13.9. The summed E-state index contributed by atoms with van der Waals surface area (Å²) in [6, 6.07) is 0. The smallest absolute Gasteiger partial charge is 0.309 e. The van der Waals surface area contributed by atoms with Crippen molar-refractivity contribution in [3.63, 3.8) is 0 Å². The number of rotatable bonds is 5. The molecule has 1 N–H and O–H groups in total. The Morgan fingerprint density at radius 1 is 1.32 bits per heavy atom. The van der Waals surface area contributed by atoms with Crippen LogP contribution in [0.3, 0.4) is 0 Å². The molecule has 2 rings (SSSR count). The van der Waals surface area contributed by atoms with E-state index in [1.54, 1.807) is 0 Å². The van der Waals surface area contributed by atoms with Gasteiger partial charge in [0.05, 0.1) is 17.1 Å². The van der Waals surface area contributed by atoms with Gasteiger partial charge >= 0.3 is 5.97 Å². The van der Waals surface area contributed by atoms with Crippen LogP contribution in [-0.4, -0.2) is 22.8 Å². The quantitative estimate of drug-likeness (QED) is 0.814. The Hall–Kier alpha value is -0.570. The van der Waals surface area contributed by atoms with E-state index in [1.165, 1.54) is 32.1 Å². The van der Waals surface area contributed by atoms with E-state index in [-0.39, 0.29) is 11.7 Å². The highest BCUT2D eigenvalue weighted by Gasteiger charge is 2.44. The van der Waals surface area contributed by atoms with Gasteiger partial charge in [0, 0.05) is 0 Å². The van der Waals surface area contributed by atoms with Gasteiger partial charge in [0.2, 0.25) is 0 Å². The van der Waals surface area contributed by atoms with Crippen LogP contribution in [-0.2, 0) is 9.53 Å². The van der Waals surface area contributed by atoms with Gasteiger partial charge in [-0.1, -0.05) is 32.6 Å². The van der Waals surface area contributed by atoms with Crippen LogP contribution < -0.4 is 0 Å². The molecule has 1 heterocycles. The Morgan fingerprint density at radius 3 is 2.58 bits per heavy atom. The van der Waals surface area contributed by atoms with Crippen molar-refractivity contribution < 1.29 is 14.6 Å². The molecule has 0 amide bonds. The molecular formula is C16H28O3. The van der Waals surface area contributed by atoms with Crippen LogP contribution in [0, 0.1) is 5.41 Å². The summed E-state index contributed by atoms with van der Waals surface area (Å²) in [6.07, 6.45) is 10.9. The Bertz CT molecular complexity index is 320. The number of hydrogen-bond donors (Lipinski definition) is 1. The number of hydrogen-bond acceptors (Lipinski definition) is 2. The predicted octanol–water partition coefficient (Wildman–Crippen LogP) is 4.15. The Morgan fingerprint density at radius 2 is 2.00 bits per heavy atom. The van der Waals surface area contributed by atoms with E-state index < -0.39 is 11.4 Å². The molecule has 1 saturated heterocycles. The molecule has 1 saturated carbocycles. The molecule has 0 aromatic carbocycles. The fourth-order valence-corrected chi connectivity index (χ4v) is 3.95.